The Hall–Kier alpha value is -2.37. The number of nitrogens with zero attached hydrogens (tertiary/aromatic N) is 1. The molecule has 0 fully saturated rings. The van der Waals surface area contributed by atoms with Crippen molar-refractivity contribution in [1.29, 1.82) is 0 Å². The van der Waals surface area contributed by atoms with Gasteiger partial charge in [-0.3, -0.25) is 10.1 Å². The Bertz CT molecular complexity index is 618. The van der Waals surface area contributed by atoms with Crippen molar-refractivity contribution in [1.82, 2.24) is 0 Å². The third-order valence-electron chi connectivity index (χ3n) is 2.22. The molecule has 1 aromatic heterocycles. The number of anilines is 1. The van der Waals surface area contributed by atoms with Crippen LogP contribution in [0, 0.1) is 10.1 Å². The summed E-state index contributed by atoms with van der Waals surface area (Å²) in [5.41, 5.74) is -1.02. The van der Waals surface area contributed by atoms with Gasteiger partial charge in [-0.1, -0.05) is 12.1 Å². The summed E-state index contributed by atoms with van der Waals surface area (Å²) >= 11 is 0. The SMILES string of the molecule is CNc1c([N+](=O)[O-])c(=O)oc2ccccc12. The van der Waals surface area contributed by atoms with Gasteiger partial charge in [0.1, 0.15) is 11.3 Å². The van der Waals surface area contributed by atoms with Crippen molar-refractivity contribution in [3.63, 3.8) is 0 Å². The quantitative estimate of drug-likeness (QED) is 0.473. The van der Waals surface area contributed by atoms with Gasteiger partial charge in [0, 0.05) is 12.4 Å². The Morgan fingerprint density at radius 2 is 2.06 bits per heavy atom. The minimum Gasteiger partial charge on any atom is -0.418 e. The summed E-state index contributed by atoms with van der Waals surface area (Å²) in [6.07, 6.45) is 0. The van der Waals surface area contributed by atoms with E-state index in [1.807, 2.05) is 0 Å². The highest BCUT2D eigenvalue weighted by Gasteiger charge is 2.23. The van der Waals surface area contributed by atoms with Crippen molar-refractivity contribution in [2.75, 3.05) is 12.4 Å². The average Bonchev–Trinajstić information content (AvgIpc) is 2.26. The summed E-state index contributed by atoms with van der Waals surface area (Å²) in [6, 6.07) is 6.64. The van der Waals surface area contributed by atoms with E-state index in [1.165, 1.54) is 7.05 Å². The Morgan fingerprint density at radius 1 is 1.38 bits per heavy atom. The van der Waals surface area contributed by atoms with E-state index in [4.69, 9.17) is 4.42 Å². The maximum Gasteiger partial charge on any atom is 0.417 e. The molecule has 2 aromatic rings. The second-order valence-electron chi connectivity index (χ2n) is 3.12. The van der Waals surface area contributed by atoms with Crippen LogP contribution in [0.15, 0.2) is 33.5 Å². The van der Waals surface area contributed by atoms with Crippen LogP contribution in [0.3, 0.4) is 0 Å². The normalized spacial score (nSPS) is 10.3. The van der Waals surface area contributed by atoms with Crippen LogP contribution in [0.5, 0.6) is 0 Å². The lowest BCUT2D eigenvalue weighted by molar-refractivity contribution is -0.386. The van der Waals surface area contributed by atoms with Crippen LogP contribution in [-0.2, 0) is 0 Å². The Morgan fingerprint density at radius 3 is 2.69 bits per heavy atom. The lowest BCUT2D eigenvalue weighted by Crippen LogP contribution is -2.10. The van der Waals surface area contributed by atoms with Crippen molar-refractivity contribution in [3.05, 3.63) is 44.8 Å². The molecule has 82 valence electrons. The van der Waals surface area contributed by atoms with Gasteiger partial charge in [-0.05, 0) is 12.1 Å². The number of rotatable bonds is 2. The molecule has 1 aromatic carbocycles. The molecule has 0 unspecified atom stereocenters. The highest BCUT2D eigenvalue weighted by molar-refractivity contribution is 5.94. The molecule has 0 aliphatic carbocycles. The third-order valence-corrected chi connectivity index (χ3v) is 2.22. The van der Waals surface area contributed by atoms with Gasteiger partial charge in [0.2, 0.25) is 0 Å². The topological polar surface area (TPSA) is 85.4 Å². The summed E-state index contributed by atoms with van der Waals surface area (Å²) in [5.74, 6) is 0. The number of hydrogen-bond acceptors (Lipinski definition) is 5. The number of para-hydroxylation sites is 1. The number of nitro groups is 1. The predicted molar refractivity (Wildman–Crippen MR) is 58.7 cm³/mol. The van der Waals surface area contributed by atoms with Gasteiger partial charge in [-0.2, -0.15) is 0 Å². The largest absolute Gasteiger partial charge is 0.418 e. The number of hydrogen-bond donors (Lipinski definition) is 1. The van der Waals surface area contributed by atoms with Gasteiger partial charge in [-0.25, -0.2) is 4.79 Å². The minimum atomic E-state index is -0.951. The minimum absolute atomic E-state index is 0.178. The summed E-state index contributed by atoms with van der Waals surface area (Å²) in [6.45, 7) is 0. The molecule has 0 amide bonds. The standard InChI is InChI=1S/C10H8N2O4/c1-11-8-6-4-2-3-5-7(6)16-10(13)9(8)12(14)15/h2-5,11H,1H3. The van der Waals surface area contributed by atoms with Crippen LogP contribution in [0.4, 0.5) is 11.4 Å². The van der Waals surface area contributed by atoms with Gasteiger partial charge < -0.3 is 9.73 Å². The summed E-state index contributed by atoms with van der Waals surface area (Å²) < 4.78 is 4.86. The highest BCUT2D eigenvalue weighted by atomic mass is 16.6. The molecule has 0 saturated carbocycles. The van der Waals surface area contributed by atoms with E-state index in [-0.39, 0.29) is 5.69 Å². The first-order valence-electron chi connectivity index (χ1n) is 4.53. The molecule has 0 saturated heterocycles. The van der Waals surface area contributed by atoms with E-state index in [9.17, 15) is 14.9 Å². The van der Waals surface area contributed by atoms with Crippen molar-refractivity contribution in [3.8, 4) is 0 Å². The molecule has 0 radical (unpaired) electrons. The van der Waals surface area contributed by atoms with Crippen LogP contribution in [0.1, 0.15) is 0 Å². The average molecular weight is 220 g/mol. The molecule has 16 heavy (non-hydrogen) atoms. The van der Waals surface area contributed by atoms with Gasteiger partial charge in [0.25, 0.3) is 0 Å². The van der Waals surface area contributed by atoms with Gasteiger partial charge >= 0.3 is 11.3 Å². The fraction of sp³-hybridized carbons (Fsp3) is 0.100. The molecule has 0 spiro atoms. The van der Waals surface area contributed by atoms with E-state index < -0.39 is 16.2 Å². The molecule has 0 aliphatic heterocycles. The second kappa shape index (κ2) is 3.65. The van der Waals surface area contributed by atoms with Crippen LogP contribution in [0.2, 0.25) is 0 Å². The predicted octanol–water partition coefficient (Wildman–Crippen LogP) is 1.74. The van der Waals surface area contributed by atoms with Crippen molar-refractivity contribution >= 4 is 22.3 Å². The van der Waals surface area contributed by atoms with Gasteiger partial charge in [0.15, 0.2) is 0 Å². The molecular formula is C10H8N2O4. The Balaban J connectivity index is 2.96. The maximum atomic E-state index is 11.4. The van der Waals surface area contributed by atoms with Crippen molar-refractivity contribution < 1.29 is 9.34 Å². The zero-order valence-corrected chi connectivity index (χ0v) is 8.39. The first-order chi connectivity index (χ1) is 7.65. The molecule has 0 atom stereocenters. The molecule has 1 heterocycles. The van der Waals surface area contributed by atoms with E-state index >= 15 is 0 Å². The fourth-order valence-electron chi connectivity index (χ4n) is 1.56. The lowest BCUT2D eigenvalue weighted by Gasteiger charge is -2.04. The van der Waals surface area contributed by atoms with E-state index in [0.29, 0.717) is 11.0 Å². The van der Waals surface area contributed by atoms with Crippen LogP contribution in [0.25, 0.3) is 11.0 Å². The Kier molecular flexibility index (Phi) is 2.32. The summed E-state index contributed by atoms with van der Waals surface area (Å²) in [5, 5.41) is 13.9. The van der Waals surface area contributed by atoms with Gasteiger partial charge in [0.05, 0.1) is 4.92 Å². The molecular weight excluding hydrogens is 212 g/mol. The zero-order valence-electron chi connectivity index (χ0n) is 8.39. The molecule has 6 nitrogen and oxygen atoms in total. The van der Waals surface area contributed by atoms with E-state index in [0.717, 1.165) is 0 Å². The summed E-state index contributed by atoms with van der Waals surface area (Å²) in [4.78, 5) is 21.4. The van der Waals surface area contributed by atoms with E-state index in [2.05, 4.69) is 5.32 Å². The first-order valence-corrected chi connectivity index (χ1v) is 4.53. The fourth-order valence-corrected chi connectivity index (χ4v) is 1.56. The molecule has 6 heteroatoms. The highest BCUT2D eigenvalue weighted by Crippen LogP contribution is 2.28. The first kappa shape index (κ1) is 10.2. The van der Waals surface area contributed by atoms with Crippen molar-refractivity contribution in [2.45, 2.75) is 0 Å². The zero-order chi connectivity index (χ0) is 11.7. The maximum absolute atomic E-state index is 11.4. The molecule has 0 bridgehead atoms. The molecule has 1 N–H and O–H groups in total. The van der Waals surface area contributed by atoms with Crippen molar-refractivity contribution in [2.24, 2.45) is 0 Å². The lowest BCUT2D eigenvalue weighted by atomic mass is 10.2. The number of fused-ring (bicyclic) bond motifs is 1. The number of benzene rings is 1. The second-order valence-corrected chi connectivity index (χ2v) is 3.12. The van der Waals surface area contributed by atoms with Crippen LogP contribution >= 0.6 is 0 Å². The molecule has 0 aliphatic rings. The Labute approximate surface area is 89.6 Å². The monoisotopic (exact) mass is 220 g/mol. The number of nitrogens with one attached hydrogen (secondary N) is 1. The third kappa shape index (κ3) is 1.40. The van der Waals surface area contributed by atoms with Crippen LogP contribution in [-0.4, -0.2) is 12.0 Å². The van der Waals surface area contributed by atoms with Gasteiger partial charge in [-0.15, -0.1) is 0 Å². The summed E-state index contributed by atoms with van der Waals surface area (Å²) in [7, 11) is 1.52. The van der Waals surface area contributed by atoms with E-state index in [1.54, 1.807) is 24.3 Å². The van der Waals surface area contributed by atoms with Crippen LogP contribution < -0.4 is 10.9 Å². The smallest absolute Gasteiger partial charge is 0.417 e. The molecule has 2 rings (SSSR count).